The lowest BCUT2D eigenvalue weighted by Gasteiger charge is -2.25. The first-order valence-electron chi connectivity index (χ1n) is 6.73. The van der Waals surface area contributed by atoms with Gasteiger partial charge in [0.05, 0.1) is 7.11 Å². The normalized spacial score (nSPS) is 30.9. The third-order valence-electron chi connectivity index (χ3n) is 4.61. The molecule has 0 amide bonds. The van der Waals surface area contributed by atoms with Crippen molar-refractivity contribution in [1.29, 1.82) is 0 Å². The van der Waals surface area contributed by atoms with Crippen LogP contribution in [0.3, 0.4) is 0 Å². The van der Waals surface area contributed by atoms with E-state index in [4.69, 9.17) is 4.74 Å². The van der Waals surface area contributed by atoms with Crippen LogP contribution in [-0.4, -0.2) is 14.2 Å². The maximum atomic E-state index is 14.1. The quantitative estimate of drug-likeness (QED) is 0.885. The molecule has 0 saturated heterocycles. The summed E-state index contributed by atoms with van der Waals surface area (Å²) in [6, 6.07) is 5.33. The van der Waals surface area contributed by atoms with Gasteiger partial charge in [-0.1, -0.05) is 6.07 Å². The minimum Gasteiger partial charge on any atom is -0.497 e. The maximum absolute atomic E-state index is 14.1. The molecule has 3 rings (SSSR count). The predicted octanol–water partition coefficient (Wildman–Crippen LogP) is 3.14. The van der Waals surface area contributed by atoms with Crippen LogP contribution in [0, 0.1) is 23.6 Å². The van der Waals surface area contributed by atoms with Gasteiger partial charge in [-0.25, -0.2) is 4.39 Å². The first kappa shape index (κ1) is 12.0. The molecule has 0 radical (unpaired) electrons. The number of hydrogen-bond acceptors (Lipinski definition) is 2. The van der Waals surface area contributed by atoms with E-state index in [9.17, 15) is 4.39 Å². The molecular weight excluding hydrogens is 229 g/mol. The average molecular weight is 249 g/mol. The molecule has 18 heavy (non-hydrogen) atoms. The van der Waals surface area contributed by atoms with Crippen LogP contribution in [0.2, 0.25) is 0 Å². The molecule has 1 N–H and O–H groups in total. The molecule has 2 nitrogen and oxygen atoms in total. The summed E-state index contributed by atoms with van der Waals surface area (Å²) >= 11 is 0. The Balaban J connectivity index is 1.82. The molecule has 0 heterocycles. The van der Waals surface area contributed by atoms with Crippen LogP contribution in [0.25, 0.3) is 0 Å². The Kier molecular flexibility index (Phi) is 3.02. The summed E-state index contributed by atoms with van der Waals surface area (Å²) in [5.74, 6) is 2.86. The number of fused-ring (bicyclic) bond motifs is 1. The molecule has 0 bridgehead atoms. The summed E-state index contributed by atoms with van der Waals surface area (Å²) in [6.07, 6.45) is 3.90. The molecule has 3 unspecified atom stereocenters. The Morgan fingerprint density at radius 1 is 1.28 bits per heavy atom. The Bertz CT molecular complexity index is 438. The average Bonchev–Trinajstić information content (AvgIpc) is 2.99. The number of methoxy groups -OCH3 is 1. The summed E-state index contributed by atoms with van der Waals surface area (Å²) in [6.45, 7) is 0. The van der Waals surface area contributed by atoms with Crippen LogP contribution in [-0.2, 0) is 0 Å². The number of hydrogen-bond donors (Lipinski definition) is 1. The van der Waals surface area contributed by atoms with Crippen molar-refractivity contribution in [3.8, 4) is 5.75 Å². The zero-order valence-corrected chi connectivity index (χ0v) is 10.9. The van der Waals surface area contributed by atoms with E-state index in [0.29, 0.717) is 11.7 Å². The molecule has 0 aromatic heterocycles. The Morgan fingerprint density at radius 2 is 2.00 bits per heavy atom. The minimum absolute atomic E-state index is 0.142. The van der Waals surface area contributed by atoms with Crippen molar-refractivity contribution in [1.82, 2.24) is 5.32 Å². The molecule has 2 saturated carbocycles. The van der Waals surface area contributed by atoms with E-state index in [2.05, 4.69) is 5.32 Å². The molecule has 0 spiro atoms. The molecule has 0 aliphatic heterocycles. The Morgan fingerprint density at radius 3 is 2.56 bits per heavy atom. The summed E-state index contributed by atoms with van der Waals surface area (Å²) in [7, 11) is 3.49. The van der Waals surface area contributed by atoms with Gasteiger partial charge in [0.25, 0.3) is 0 Å². The van der Waals surface area contributed by atoms with Crippen LogP contribution < -0.4 is 10.1 Å². The van der Waals surface area contributed by atoms with E-state index in [1.807, 2.05) is 19.2 Å². The molecule has 2 aliphatic rings. The van der Waals surface area contributed by atoms with Crippen LogP contribution >= 0.6 is 0 Å². The molecule has 2 aliphatic carbocycles. The van der Waals surface area contributed by atoms with Gasteiger partial charge in [-0.2, -0.15) is 0 Å². The van der Waals surface area contributed by atoms with Crippen molar-refractivity contribution in [2.75, 3.05) is 14.2 Å². The topological polar surface area (TPSA) is 21.3 Å². The summed E-state index contributed by atoms with van der Waals surface area (Å²) in [4.78, 5) is 0. The third kappa shape index (κ3) is 2.01. The highest BCUT2D eigenvalue weighted by molar-refractivity contribution is 5.31. The highest BCUT2D eigenvalue weighted by atomic mass is 19.1. The van der Waals surface area contributed by atoms with Crippen LogP contribution in [0.15, 0.2) is 18.2 Å². The van der Waals surface area contributed by atoms with Gasteiger partial charge in [-0.15, -0.1) is 0 Å². The second-order valence-electron chi connectivity index (χ2n) is 5.64. The second-order valence-corrected chi connectivity index (χ2v) is 5.64. The highest BCUT2D eigenvalue weighted by Crippen LogP contribution is 2.57. The number of ether oxygens (including phenoxy) is 1. The number of benzene rings is 1. The summed E-state index contributed by atoms with van der Waals surface area (Å²) in [5, 5.41) is 3.30. The SMILES string of the molecule is CNC(c1ccc(OC)cc1F)C1CC2CC2C1. The molecule has 1 aromatic carbocycles. The fraction of sp³-hybridized carbons (Fsp3) is 0.600. The zero-order chi connectivity index (χ0) is 12.7. The first-order chi connectivity index (χ1) is 8.72. The molecule has 2 fully saturated rings. The number of halogens is 1. The van der Waals surface area contributed by atoms with Gasteiger partial charge in [-0.3, -0.25) is 0 Å². The smallest absolute Gasteiger partial charge is 0.131 e. The molecule has 3 heteroatoms. The molecular formula is C15H20FNO. The fourth-order valence-corrected chi connectivity index (χ4v) is 3.57. The molecule has 1 aromatic rings. The van der Waals surface area contributed by atoms with Crippen LogP contribution in [0.5, 0.6) is 5.75 Å². The lowest BCUT2D eigenvalue weighted by Crippen LogP contribution is -2.25. The summed E-state index contributed by atoms with van der Waals surface area (Å²) in [5.41, 5.74) is 0.782. The fourth-order valence-electron chi connectivity index (χ4n) is 3.57. The standard InChI is InChI=1S/C15H20FNO/c1-17-15(11-6-9-5-10(9)7-11)13-4-3-12(18-2)8-14(13)16/h3-4,8-11,15,17H,5-7H2,1-2H3. The van der Waals surface area contributed by atoms with Crippen LogP contribution in [0.4, 0.5) is 4.39 Å². The van der Waals surface area contributed by atoms with E-state index in [-0.39, 0.29) is 11.9 Å². The van der Waals surface area contributed by atoms with E-state index in [0.717, 1.165) is 17.4 Å². The van der Waals surface area contributed by atoms with Gasteiger partial charge < -0.3 is 10.1 Å². The van der Waals surface area contributed by atoms with E-state index < -0.39 is 0 Å². The third-order valence-corrected chi connectivity index (χ3v) is 4.61. The van der Waals surface area contributed by atoms with Gasteiger partial charge in [0.15, 0.2) is 0 Å². The van der Waals surface area contributed by atoms with Crippen molar-refractivity contribution in [2.45, 2.75) is 25.3 Å². The first-order valence-corrected chi connectivity index (χ1v) is 6.73. The van der Waals surface area contributed by atoms with E-state index in [1.165, 1.54) is 25.3 Å². The lowest BCUT2D eigenvalue weighted by atomic mass is 9.89. The van der Waals surface area contributed by atoms with Crippen molar-refractivity contribution >= 4 is 0 Å². The zero-order valence-electron chi connectivity index (χ0n) is 10.9. The van der Waals surface area contributed by atoms with Crippen molar-refractivity contribution in [3.05, 3.63) is 29.6 Å². The maximum Gasteiger partial charge on any atom is 0.131 e. The van der Waals surface area contributed by atoms with Gasteiger partial charge in [0.2, 0.25) is 0 Å². The van der Waals surface area contributed by atoms with Crippen LogP contribution in [0.1, 0.15) is 30.9 Å². The monoisotopic (exact) mass is 249 g/mol. The summed E-state index contributed by atoms with van der Waals surface area (Å²) < 4.78 is 19.2. The minimum atomic E-state index is -0.158. The Labute approximate surface area is 108 Å². The predicted molar refractivity (Wildman–Crippen MR) is 69.1 cm³/mol. The lowest BCUT2D eigenvalue weighted by molar-refractivity contribution is 0.348. The van der Waals surface area contributed by atoms with Gasteiger partial charge in [0.1, 0.15) is 11.6 Å². The molecule has 3 atom stereocenters. The largest absolute Gasteiger partial charge is 0.497 e. The van der Waals surface area contributed by atoms with E-state index >= 15 is 0 Å². The van der Waals surface area contributed by atoms with Gasteiger partial charge >= 0.3 is 0 Å². The van der Waals surface area contributed by atoms with Crippen molar-refractivity contribution < 1.29 is 9.13 Å². The van der Waals surface area contributed by atoms with Gasteiger partial charge in [-0.05, 0) is 50.1 Å². The van der Waals surface area contributed by atoms with Gasteiger partial charge in [0, 0.05) is 17.7 Å². The Hall–Kier alpha value is -1.09. The second kappa shape index (κ2) is 4.54. The molecule has 98 valence electrons. The van der Waals surface area contributed by atoms with Crippen molar-refractivity contribution in [3.63, 3.8) is 0 Å². The highest BCUT2D eigenvalue weighted by Gasteiger charge is 2.48. The van der Waals surface area contributed by atoms with Crippen molar-refractivity contribution in [2.24, 2.45) is 17.8 Å². The number of rotatable bonds is 4. The van der Waals surface area contributed by atoms with E-state index in [1.54, 1.807) is 7.11 Å². The number of nitrogens with one attached hydrogen (secondary N) is 1.